The van der Waals surface area contributed by atoms with Crippen molar-refractivity contribution < 1.29 is 4.74 Å². The second kappa shape index (κ2) is 10.4. The topological polar surface area (TPSA) is 58.5 Å². The highest BCUT2D eigenvalue weighted by Crippen LogP contribution is 2.20. The summed E-state index contributed by atoms with van der Waals surface area (Å²) in [5, 5.41) is 7.07. The van der Waals surface area contributed by atoms with Gasteiger partial charge in [-0.15, -0.1) is 0 Å². The number of pyridine rings is 1. The molecule has 1 aromatic rings. The zero-order valence-corrected chi connectivity index (χ0v) is 14.6. The molecule has 0 aliphatic heterocycles. The van der Waals surface area contributed by atoms with Gasteiger partial charge in [0, 0.05) is 32.9 Å². The van der Waals surface area contributed by atoms with Crippen molar-refractivity contribution in [3.8, 4) is 0 Å². The van der Waals surface area contributed by atoms with Crippen molar-refractivity contribution >= 4 is 17.6 Å². The van der Waals surface area contributed by atoms with Gasteiger partial charge in [-0.2, -0.15) is 0 Å². The third-order valence-corrected chi connectivity index (χ3v) is 4.22. The van der Waals surface area contributed by atoms with Crippen molar-refractivity contribution in [2.24, 2.45) is 4.99 Å². The van der Waals surface area contributed by atoms with Gasteiger partial charge >= 0.3 is 0 Å². The molecule has 23 heavy (non-hydrogen) atoms. The van der Waals surface area contributed by atoms with E-state index in [0.717, 1.165) is 31.1 Å². The Morgan fingerprint density at radius 3 is 2.83 bits per heavy atom. The number of halogens is 1. The minimum Gasteiger partial charge on any atom is -0.378 e. The van der Waals surface area contributed by atoms with Gasteiger partial charge in [0.15, 0.2) is 5.96 Å². The van der Waals surface area contributed by atoms with E-state index in [2.05, 4.69) is 20.6 Å². The van der Waals surface area contributed by atoms with E-state index in [9.17, 15) is 0 Å². The number of hydrogen-bond acceptors (Lipinski definition) is 3. The maximum Gasteiger partial charge on any atom is 0.191 e. The monoisotopic (exact) mass is 338 g/mol. The van der Waals surface area contributed by atoms with Crippen LogP contribution in [0.15, 0.2) is 23.3 Å². The molecule has 2 N–H and O–H groups in total. The van der Waals surface area contributed by atoms with Gasteiger partial charge in [-0.25, -0.2) is 4.98 Å². The lowest BCUT2D eigenvalue weighted by Gasteiger charge is -2.22. The Kier molecular flexibility index (Phi) is 8.18. The summed E-state index contributed by atoms with van der Waals surface area (Å²) in [6, 6.07) is 3.74. The summed E-state index contributed by atoms with van der Waals surface area (Å²) in [5.74, 6) is 0.789. The highest BCUT2D eigenvalue weighted by molar-refractivity contribution is 6.29. The van der Waals surface area contributed by atoms with Crippen LogP contribution in [0.4, 0.5) is 0 Å². The van der Waals surface area contributed by atoms with Gasteiger partial charge in [-0.05, 0) is 30.9 Å². The van der Waals surface area contributed by atoms with Crippen LogP contribution in [0.1, 0.15) is 44.1 Å². The van der Waals surface area contributed by atoms with E-state index >= 15 is 0 Å². The Labute approximate surface area is 143 Å². The number of hydrogen-bond donors (Lipinski definition) is 2. The van der Waals surface area contributed by atoms with Crippen LogP contribution in [-0.2, 0) is 11.3 Å². The van der Waals surface area contributed by atoms with Crippen LogP contribution in [0.25, 0.3) is 0 Å². The molecule has 1 fully saturated rings. The predicted molar refractivity (Wildman–Crippen MR) is 94.9 cm³/mol. The number of nitrogens with one attached hydrogen (secondary N) is 2. The van der Waals surface area contributed by atoms with Crippen LogP contribution in [0.5, 0.6) is 0 Å². The van der Waals surface area contributed by atoms with Crippen LogP contribution in [0.2, 0.25) is 5.15 Å². The minimum absolute atomic E-state index is 0.485. The van der Waals surface area contributed by atoms with Crippen molar-refractivity contribution in [2.45, 2.75) is 51.2 Å². The standard InChI is InChI=1S/C17H27ClN4O/c1-19-17(22-13-14-8-9-16(18)21-12-14)20-10-5-11-23-15-6-3-2-4-7-15/h8-9,12,15H,2-7,10-11,13H2,1H3,(H2,19,20,22). The average Bonchev–Trinajstić information content (AvgIpc) is 2.59. The minimum atomic E-state index is 0.485. The van der Waals surface area contributed by atoms with Crippen LogP contribution < -0.4 is 10.6 Å². The van der Waals surface area contributed by atoms with Crippen LogP contribution in [-0.4, -0.2) is 37.2 Å². The van der Waals surface area contributed by atoms with Crippen molar-refractivity contribution in [3.63, 3.8) is 0 Å². The summed E-state index contributed by atoms with van der Waals surface area (Å²) in [6.45, 7) is 2.34. The van der Waals surface area contributed by atoms with Crippen molar-refractivity contribution in [1.82, 2.24) is 15.6 Å². The molecular formula is C17H27ClN4O. The summed E-state index contributed by atoms with van der Waals surface area (Å²) in [6.07, 6.45) is 9.70. The zero-order valence-electron chi connectivity index (χ0n) is 13.9. The zero-order chi connectivity index (χ0) is 16.3. The van der Waals surface area contributed by atoms with E-state index in [4.69, 9.17) is 16.3 Å². The Morgan fingerprint density at radius 1 is 1.30 bits per heavy atom. The first-order chi connectivity index (χ1) is 11.3. The van der Waals surface area contributed by atoms with Crippen molar-refractivity contribution in [3.05, 3.63) is 29.0 Å². The molecule has 1 aliphatic carbocycles. The number of aliphatic imine (C=N–C) groups is 1. The molecule has 6 heteroatoms. The number of guanidine groups is 1. The Bertz CT molecular complexity index is 472. The van der Waals surface area contributed by atoms with Crippen molar-refractivity contribution in [2.75, 3.05) is 20.2 Å². The number of rotatable bonds is 7. The van der Waals surface area contributed by atoms with Gasteiger partial charge in [0.25, 0.3) is 0 Å². The fourth-order valence-corrected chi connectivity index (χ4v) is 2.79. The second-order valence-corrected chi connectivity index (χ2v) is 6.21. The predicted octanol–water partition coefficient (Wildman–Crippen LogP) is 3.14. The molecular weight excluding hydrogens is 312 g/mol. The van der Waals surface area contributed by atoms with Crippen LogP contribution in [0, 0.1) is 0 Å². The SMILES string of the molecule is CN=C(NCCCOC1CCCCC1)NCc1ccc(Cl)nc1. The molecule has 1 aliphatic rings. The van der Waals surface area contributed by atoms with E-state index in [1.807, 2.05) is 6.07 Å². The average molecular weight is 339 g/mol. The normalized spacial score (nSPS) is 16.3. The molecule has 0 saturated heterocycles. The summed E-state index contributed by atoms with van der Waals surface area (Å²) in [5.41, 5.74) is 1.07. The summed E-state index contributed by atoms with van der Waals surface area (Å²) in [4.78, 5) is 8.28. The van der Waals surface area contributed by atoms with Crippen LogP contribution in [0.3, 0.4) is 0 Å². The Balaban J connectivity index is 1.56. The Hall–Kier alpha value is -1.33. The molecule has 0 amide bonds. The number of aromatic nitrogens is 1. The first kappa shape index (κ1) is 18.0. The fraction of sp³-hybridized carbons (Fsp3) is 0.647. The third-order valence-electron chi connectivity index (χ3n) is 3.99. The van der Waals surface area contributed by atoms with Gasteiger partial charge in [0.1, 0.15) is 5.15 Å². The van der Waals surface area contributed by atoms with Gasteiger partial charge in [-0.1, -0.05) is 36.9 Å². The summed E-state index contributed by atoms with van der Waals surface area (Å²) < 4.78 is 5.92. The Morgan fingerprint density at radius 2 is 2.13 bits per heavy atom. The van der Waals surface area contributed by atoms with Crippen molar-refractivity contribution in [1.29, 1.82) is 0 Å². The van der Waals surface area contributed by atoms with E-state index in [1.165, 1.54) is 32.1 Å². The second-order valence-electron chi connectivity index (χ2n) is 5.83. The molecule has 2 rings (SSSR count). The molecule has 0 bridgehead atoms. The fourth-order valence-electron chi connectivity index (χ4n) is 2.68. The van der Waals surface area contributed by atoms with Gasteiger partial charge in [-0.3, -0.25) is 4.99 Å². The summed E-state index contributed by atoms with van der Waals surface area (Å²) in [7, 11) is 1.77. The largest absolute Gasteiger partial charge is 0.378 e. The lowest BCUT2D eigenvalue weighted by Crippen LogP contribution is -2.37. The molecule has 1 aromatic heterocycles. The number of ether oxygens (including phenoxy) is 1. The quantitative estimate of drug-likeness (QED) is 0.347. The molecule has 0 unspecified atom stereocenters. The lowest BCUT2D eigenvalue weighted by atomic mass is 9.98. The van der Waals surface area contributed by atoms with Crippen LogP contribution >= 0.6 is 11.6 Å². The smallest absolute Gasteiger partial charge is 0.191 e. The maximum atomic E-state index is 5.92. The maximum absolute atomic E-state index is 5.92. The molecule has 0 atom stereocenters. The molecule has 0 spiro atoms. The first-order valence-corrected chi connectivity index (χ1v) is 8.82. The summed E-state index contributed by atoms with van der Waals surface area (Å²) >= 11 is 5.78. The van der Waals surface area contributed by atoms with E-state index in [1.54, 1.807) is 19.3 Å². The highest BCUT2D eigenvalue weighted by Gasteiger charge is 2.12. The molecule has 128 valence electrons. The molecule has 1 heterocycles. The third kappa shape index (κ3) is 7.18. The molecule has 0 radical (unpaired) electrons. The first-order valence-electron chi connectivity index (χ1n) is 8.44. The van der Waals surface area contributed by atoms with E-state index < -0.39 is 0 Å². The van der Waals surface area contributed by atoms with E-state index in [0.29, 0.717) is 17.8 Å². The molecule has 0 aromatic carbocycles. The van der Waals surface area contributed by atoms with E-state index in [-0.39, 0.29) is 0 Å². The highest BCUT2D eigenvalue weighted by atomic mass is 35.5. The van der Waals surface area contributed by atoms with Gasteiger partial charge in [0.05, 0.1) is 6.10 Å². The molecule has 1 saturated carbocycles. The van der Waals surface area contributed by atoms with Gasteiger partial charge in [0.2, 0.25) is 0 Å². The van der Waals surface area contributed by atoms with Gasteiger partial charge < -0.3 is 15.4 Å². The number of nitrogens with zero attached hydrogens (tertiary/aromatic N) is 2. The molecule has 5 nitrogen and oxygen atoms in total. The lowest BCUT2D eigenvalue weighted by molar-refractivity contribution is 0.0277.